The minimum Gasteiger partial charge on any atom is -0.378 e. The number of ether oxygens (including phenoxy) is 1. The summed E-state index contributed by atoms with van der Waals surface area (Å²) in [5, 5.41) is 0. The Balaban J connectivity index is 2.41. The van der Waals surface area contributed by atoms with E-state index >= 15 is 0 Å². The minimum absolute atomic E-state index is 0.517. The lowest BCUT2D eigenvalue weighted by Crippen LogP contribution is -1.98. The highest BCUT2D eigenvalue weighted by molar-refractivity contribution is 5.58. The third-order valence-electron chi connectivity index (χ3n) is 2.25. The summed E-state index contributed by atoms with van der Waals surface area (Å²) in [5.74, 6) is 0.772. The molecule has 0 saturated heterocycles. The largest absolute Gasteiger partial charge is 0.378 e. The van der Waals surface area contributed by atoms with Crippen LogP contribution in [0.15, 0.2) is 36.4 Å². The first-order chi connectivity index (χ1) is 7.79. The second-order valence-corrected chi connectivity index (χ2v) is 3.59. The molecule has 0 spiro atoms. The SMILES string of the molecule is COCc1cc(-c2ccccc2)nc(C)n1. The number of aryl methyl sites for hydroxylation is 1. The van der Waals surface area contributed by atoms with E-state index in [-0.39, 0.29) is 0 Å². The van der Waals surface area contributed by atoms with E-state index in [0.29, 0.717) is 6.61 Å². The summed E-state index contributed by atoms with van der Waals surface area (Å²) < 4.78 is 5.08. The molecule has 0 amide bonds. The van der Waals surface area contributed by atoms with Crippen molar-refractivity contribution in [1.82, 2.24) is 9.97 Å². The number of methoxy groups -OCH3 is 1. The summed E-state index contributed by atoms with van der Waals surface area (Å²) >= 11 is 0. The van der Waals surface area contributed by atoms with Gasteiger partial charge in [-0.15, -0.1) is 0 Å². The van der Waals surface area contributed by atoms with Gasteiger partial charge in [0, 0.05) is 12.7 Å². The van der Waals surface area contributed by atoms with Crippen molar-refractivity contribution in [3.63, 3.8) is 0 Å². The van der Waals surface area contributed by atoms with E-state index in [2.05, 4.69) is 9.97 Å². The molecular formula is C13H14N2O. The maximum Gasteiger partial charge on any atom is 0.126 e. The molecule has 0 atom stereocenters. The Bertz CT molecular complexity index is 469. The van der Waals surface area contributed by atoms with E-state index in [1.165, 1.54) is 0 Å². The lowest BCUT2D eigenvalue weighted by atomic mass is 10.1. The molecule has 2 aromatic rings. The predicted octanol–water partition coefficient (Wildman–Crippen LogP) is 2.60. The van der Waals surface area contributed by atoms with Gasteiger partial charge in [-0.25, -0.2) is 9.97 Å². The minimum atomic E-state index is 0.517. The van der Waals surface area contributed by atoms with Crippen LogP contribution in [-0.2, 0) is 11.3 Å². The van der Waals surface area contributed by atoms with Gasteiger partial charge in [0.2, 0.25) is 0 Å². The van der Waals surface area contributed by atoms with Crippen LogP contribution in [-0.4, -0.2) is 17.1 Å². The number of rotatable bonds is 3. The second kappa shape index (κ2) is 4.86. The average Bonchev–Trinajstić information content (AvgIpc) is 2.30. The Labute approximate surface area is 95.1 Å². The lowest BCUT2D eigenvalue weighted by Gasteiger charge is -2.05. The smallest absolute Gasteiger partial charge is 0.126 e. The molecule has 3 heteroatoms. The fourth-order valence-corrected chi connectivity index (χ4v) is 1.61. The normalized spacial score (nSPS) is 10.4. The molecule has 16 heavy (non-hydrogen) atoms. The van der Waals surface area contributed by atoms with Gasteiger partial charge in [0.05, 0.1) is 18.0 Å². The number of hydrogen-bond donors (Lipinski definition) is 0. The highest BCUT2D eigenvalue weighted by Gasteiger charge is 2.03. The van der Waals surface area contributed by atoms with E-state index in [1.807, 2.05) is 43.3 Å². The third kappa shape index (κ3) is 2.44. The van der Waals surface area contributed by atoms with E-state index in [1.54, 1.807) is 7.11 Å². The molecule has 3 nitrogen and oxygen atoms in total. The van der Waals surface area contributed by atoms with Crippen molar-refractivity contribution in [2.45, 2.75) is 13.5 Å². The molecule has 1 aromatic heterocycles. The van der Waals surface area contributed by atoms with Gasteiger partial charge in [0.1, 0.15) is 5.82 Å². The van der Waals surface area contributed by atoms with Crippen molar-refractivity contribution in [1.29, 1.82) is 0 Å². The molecule has 0 saturated carbocycles. The van der Waals surface area contributed by atoms with Crippen LogP contribution in [0.2, 0.25) is 0 Å². The summed E-state index contributed by atoms with van der Waals surface area (Å²) in [7, 11) is 1.67. The number of benzene rings is 1. The van der Waals surface area contributed by atoms with Crippen LogP contribution in [0.5, 0.6) is 0 Å². The van der Waals surface area contributed by atoms with Crippen LogP contribution in [0.1, 0.15) is 11.5 Å². The predicted molar refractivity (Wildman–Crippen MR) is 62.9 cm³/mol. The zero-order valence-electron chi connectivity index (χ0n) is 9.47. The lowest BCUT2D eigenvalue weighted by molar-refractivity contribution is 0.181. The van der Waals surface area contributed by atoms with Crippen molar-refractivity contribution in [3.05, 3.63) is 47.9 Å². The fourth-order valence-electron chi connectivity index (χ4n) is 1.61. The Morgan fingerprint density at radius 2 is 1.88 bits per heavy atom. The molecule has 0 aliphatic rings. The topological polar surface area (TPSA) is 35.0 Å². The molecule has 0 unspecified atom stereocenters. The molecule has 0 aliphatic heterocycles. The van der Waals surface area contributed by atoms with Crippen molar-refractivity contribution in [2.75, 3.05) is 7.11 Å². The highest BCUT2D eigenvalue weighted by atomic mass is 16.5. The number of aromatic nitrogens is 2. The molecule has 0 aliphatic carbocycles. The fraction of sp³-hybridized carbons (Fsp3) is 0.231. The maximum absolute atomic E-state index is 5.08. The van der Waals surface area contributed by atoms with E-state index < -0.39 is 0 Å². The molecule has 0 fully saturated rings. The second-order valence-electron chi connectivity index (χ2n) is 3.59. The van der Waals surface area contributed by atoms with Crippen molar-refractivity contribution >= 4 is 0 Å². The molecule has 2 rings (SSSR count). The van der Waals surface area contributed by atoms with Gasteiger partial charge < -0.3 is 4.74 Å². The molecule has 0 N–H and O–H groups in total. The zero-order chi connectivity index (χ0) is 11.4. The standard InChI is InChI=1S/C13H14N2O/c1-10-14-12(9-16-2)8-13(15-10)11-6-4-3-5-7-11/h3-8H,9H2,1-2H3. The monoisotopic (exact) mass is 214 g/mol. The first-order valence-corrected chi connectivity index (χ1v) is 5.18. The molecular weight excluding hydrogens is 200 g/mol. The van der Waals surface area contributed by atoms with E-state index in [4.69, 9.17) is 4.74 Å². The summed E-state index contributed by atoms with van der Waals surface area (Å²) in [6.45, 7) is 2.41. The van der Waals surface area contributed by atoms with E-state index in [9.17, 15) is 0 Å². The average molecular weight is 214 g/mol. The summed E-state index contributed by atoms with van der Waals surface area (Å²) in [6.07, 6.45) is 0. The van der Waals surface area contributed by atoms with Crippen molar-refractivity contribution in [2.24, 2.45) is 0 Å². The van der Waals surface area contributed by atoms with Gasteiger partial charge in [0.15, 0.2) is 0 Å². The molecule has 1 aromatic carbocycles. The molecule has 1 heterocycles. The molecule has 0 bridgehead atoms. The van der Waals surface area contributed by atoms with Crippen LogP contribution >= 0.6 is 0 Å². The van der Waals surface area contributed by atoms with Crippen molar-refractivity contribution < 1.29 is 4.74 Å². The van der Waals surface area contributed by atoms with Crippen LogP contribution < -0.4 is 0 Å². The van der Waals surface area contributed by atoms with Crippen LogP contribution in [0.25, 0.3) is 11.3 Å². The molecule has 82 valence electrons. The summed E-state index contributed by atoms with van der Waals surface area (Å²) in [4.78, 5) is 8.73. The first-order valence-electron chi connectivity index (χ1n) is 5.18. The van der Waals surface area contributed by atoms with Crippen LogP contribution in [0, 0.1) is 6.92 Å². The quantitative estimate of drug-likeness (QED) is 0.787. The Morgan fingerprint density at radius 3 is 2.56 bits per heavy atom. The summed E-state index contributed by atoms with van der Waals surface area (Å²) in [5.41, 5.74) is 2.96. The third-order valence-corrected chi connectivity index (χ3v) is 2.25. The zero-order valence-corrected chi connectivity index (χ0v) is 9.47. The molecule has 0 radical (unpaired) electrons. The van der Waals surface area contributed by atoms with Crippen LogP contribution in [0.4, 0.5) is 0 Å². The Kier molecular flexibility index (Phi) is 3.27. The Hall–Kier alpha value is -1.74. The first kappa shape index (κ1) is 10.8. The summed E-state index contributed by atoms with van der Waals surface area (Å²) in [6, 6.07) is 12.0. The van der Waals surface area contributed by atoms with E-state index in [0.717, 1.165) is 22.8 Å². The van der Waals surface area contributed by atoms with Crippen LogP contribution in [0.3, 0.4) is 0 Å². The number of hydrogen-bond acceptors (Lipinski definition) is 3. The van der Waals surface area contributed by atoms with Gasteiger partial charge >= 0.3 is 0 Å². The van der Waals surface area contributed by atoms with Gasteiger partial charge in [-0.3, -0.25) is 0 Å². The van der Waals surface area contributed by atoms with Gasteiger partial charge in [-0.2, -0.15) is 0 Å². The maximum atomic E-state index is 5.08. The number of nitrogens with zero attached hydrogens (tertiary/aromatic N) is 2. The highest BCUT2D eigenvalue weighted by Crippen LogP contribution is 2.17. The van der Waals surface area contributed by atoms with Gasteiger partial charge in [-0.05, 0) is 13.0 Å². The van der Waals surface area contributed by atoms with Gasteiger partial charge in [0.25, 0.3) is 0 Å². The Morgan fingerprint density at radius 1 is 1.12 bits per heavy atom. The van der Waals surface area contributed by atoms with Crippen molar-refractivity contribution in [3.8, 4) is 11.3 Å². The van der Waals surface area contributed by atoms with Gasteiger partial charge in [-0.1, -0.05) is 30.3 Å².